The first-order chi connectivity index (χ1) is 6.33. The maximum Gasteiger partial charge on any atom is 0.108 e. The van der Waals surface area contributed by atoms with E-state index < -0.39 is 0 Å². The topological polar surface area (TPSA) is 17.8 Å². The average molecular weight is 176 g/mol. The standard InChI is InChI=1S/C11H16N2/c1-8-2-5-11-12-10(9-3-4-9)7-13(11)6-8/h7-9H,2-6H2,1H3/t8-/m0/s1. The molecular formula is C11H16N2. The number of hydrogen-bond acceptors (Lipinski definition) is 1. The van der Waals surface area contributed by atoms with Crippen LogP contribution in [0.3, 0.4) is 0 Å². The van der Waals surface area contributed by atoms with E-state index >= 15 is 0 Å². The lowest BCUT2D eigenvalue weighted by molar-refractivity contribution is 0.394. The smallest absolute Gasteiger partial charge is 0.108 e. The van der Waals surface area contributed by atoms with Gasteiger partial charge in [0.05, 0.1) is 5.69 Å². The molecule has 3 rings (SSSR count). The van der Waals surface area contributed by atoms with Gasteiger partial charge in [0.15, 0.2) is 0 Å². The molecule has 0 unspecified atom stereocenters. The first-order valence-electron chi connectivity index (χ1n) is 5.39. The number of hydrogen-bond donors (Lipinski definition) is 0. The van der Waals surface area contributed by atoms with Crippen LogP contribution in [0.2, 0.25) is 0 Å². The molecule has 70 valence electrons. The van der Waals surface area contributed by atoms with Gasteiger partial charge in [-0.2, -0.15) is 0 Å². The zero-order valence-electron chi connectivity index (χ0n) is 8.16. The molecule has 1 aromatic heterocycles. The Kier molecular flexibility index (Phi) is 1.52. The van der Waals surface area contributed by atoms with E-state index in [9.17, 15) is 0 Å². The minimum atomic E-state index is 0.813. The molecule has 0 bridgehead atoms. The molecule has 0 aromatic carbocycles. The number of imidazole rings is 1. The molecule has 1 saturated carbocycles. The van der Waals surface area contributed by atoms with E-state index in [0.717, 1.165) is 11.8 Å². The van der Waals surface area contributed by atoms with Gasteiger partial charge in [-0.3, -0.25) is 0 Å². The van der Waals surface area contributed by atoms with E-state index in [0.29, 0.717) is 0 Å². The van der Waals surface area contributed by atoms with Crippen LogP contribution >= 0.6 is 0 Å². The molecule has 2 aliphatic rings. The van der Waals surface area contributed by atoms with E-state index in [1.54, 1.807) is 0 Å². The summed E-state index contributed by atoms with van der Waals surface area (Å²) in [6, 6.07) is 0. The zero-order chi connectivity index (χ0) is 8.84. The Labute approximate surface area is 79.0 Å². The minimum absolute atomic E-state index is 0.813. The van der Waals surface area contributed by atoms with Crippen molar-refractivity contribution in [2.75, 3.05) is 0 Å². The highest BCUT2D eigenvalue weighted by atomic mass is 15.1. The Balaban J connectivity index is 1.93. The molecule has 13 heavy (non-hydrogen) atoms. The first kappa shape index (κ1) is 7.60. The number of fused-ring (bicyclic) bond motifs is 1. The second-order valence-corrected chi connectivity index (χ2v) is 4.65. The maximum atomic E-state index is 4.71. The fraction of sp³-hybridized carbons (Fsp3) is 0.727. The summed E-state index contributed by atoms with van der Waals surface area (Å²) in [6.45, 7) is 3.52. The Bertz CT molecular complexity index is 323. The van der Waals surface area contributed by atoms with Crippen molar-refractivity contribution in [3.63, 3.8) is 0 Å². The molecule has 1 aromatic rings. The van der Waals surface area contributed by atoms with Crippen molar-refractivity contribution in [3.05, 3.63) is 17.7 Å². The molecule has 2 nitrogen and oxygen atoms in total. The van der Waals surface area contributed by atoms with Gasteiger partial charge in [0.1, 0.15) is 5.82 Å². The van der Waals surface area contributed by atoms with Crippen LogP contribution in [0.15, 0.2) is 6.20 Å². The van der Waals surface area contributed by atoms with Crippen LogP contribution in [0.4, 0.5) is 0 Å². The average Bonchev–Trinajstić information content (AvgIpc) is 2.87. The van der Waals surface area contributed by atoms with Crippen molar-refractivity contribution in [2.24, 2.45) is 5.92 Å². The minimum Gasteiger partial charge on any atom is -0.334 e. The van der Waals surface area contributed by atoms with Crippen molar-refractivity contribution >= 4 is 0 Å². The fourth-order valence-corrected chi connectivity index (χ4v) is 2.21. The van der Waals surface area contributed by atoms with Crippen LogP contribution in [0.25, 0.3) is 0 Å². The molecule has 1 aliphatic carbocycles. The molecule has 0 N–H and O–H groups in total. The van der Waals surface area contributed by atoms with Crippen molar-refractivity contribution in [2.45, 2.75) is 45.1 Å². The van der Waals surface area contributed by atoms with Crippen LogP contribution in [0.5, 0.6) is 0 Å². The van der Waals surface area contributed by atoms with E-state index in [1.165, 1.54) is 43.7 Å². The first-order valence-corrected chi connectivity index (χ1v) is 5.39. The number of aromatic nitrogens is 2. The predicted molar refractivity (Wildman–Crippen MR) is 51.7 cm³/mol. The molecule has 0 spiro atoms. The number of rotatable bonds is 1. The van der Waals surface area contributed by atoms with E-state index in [-0.39, 0.29) is 0 Å². The van der Waals surface area contributed by atoms with Crippen LogP contribution in [-0.4, -0.2) is 9.55 Å². The molecule has 2 heterocycles. The molecule has 0 radical (unpaired) electrons. The van der Waals surface area contributed by atoms with Crippen LogP contribution in [0, 0.1) is 5.92 Å². The van der Waals surface area contributed by atoms with Crippen LogP contribution in [0.1, 0.15) is 43.6 Å². The lowest BCUT2D eigenvalue weighted by atomic mass is 10.0. The zero-order valence-corrected chi connectivity index (χ0v) is 8.16. The molecule has 1 fully saturated rings. The van der Waals surface area contributed by atoms with Crippen molar-refractivity contribution < 1.29 is 0 Å². The Morgan fingerprint density at radius 3 is 3.00 bits per heavy atom. The third-order valence-corrected chi connectivity index (χ3v) is 3.24. The third-order valence-electron chi connectivity index (χ3n) is 3.24. The lowest BCUT2D eigenvalue weighted by Gasteiger charge is -2.19. The van der Waals surface area contributed by atoms with E-state index in [2.05, 4.69) is 17.7 Å². The summed E-state index contributed by atoms with van der Waals surface area (Å²) in [5.74, 6) is 2.99. The largest absolute Gasteiger partial charge is 0.334 e. The van der Waals surface area contributed by atoms with Gasteiger partial charge in [-0.15, -0.1) is 0 Å². The van der Waals surface area contributed by atoms with Gasteiger partial charge in [0.2, 0.25) is 0 Å². The maximum absolute atomic E-state index is 4.71. The van der Waals surface area contributed by atoms with E-state index in [1.807, 2.05) is 0 Å². The highest BCUT2D eigenvalue weighted by Crippen LogP contribution is 2.39. The SMILES string of the molecule is C[C@H]1CCc2nc(C3CC3)cn2C1. The van der Waals surface area contributed by atoms with Crippen LogP contribution in [-0.2, 0) is 13.0 Å². The highest BCUT2D eigenvalue weighted by Gasteiger charge is 2.28. The lowest BCUT2D eigenvalue weighted by Crippen LogP contribution is -2.17. The summed E-state index contributed by atoms with van der Waals surface area (Å²) in [4.78, 5) is 4.71. The second-order valence-electron chi connectivity index (χ2n) is 4.65. The normalized spacial score (nSPS) is 27.3. The molecular weight excluding hydrogens is 160 g/mol. The third kappa shape index (κ3) is 1.28. The van der Waals surface area contributed by atoms with Gasteiger partial charge in [0.25, 0.3) is 0 Å². The Hall–Kier alpha value is -0.790. The predicted octanol–water partition coefficient (Wildman–Crippen LogP) is 2.34. The van der Waals surface area contributed by atoms with Gasteiger partial charge >= 0.3 is 0 Å². The monoisotopic (exact) mass is 176 g/mol. The second kappa shape index (κ2) is 2.60. The number of aryl methyl sites for hydroxylation is 1. The molecule has 1 atom stereocenters. The van der Waals surface area contributed by atoms with Crippen molar-refractivity contribution in [1.29, 1.82) is 0 Å². The van der Waals surface area contributed by atoms with Gasteiger partial charge in [0, 0.05) is 25.1 Å². The van der Waals surface area contributed by atoms with E-state index in [4.69, 9.17) is 4.98 Å². The molecule has 0 amide bonds. The molecule has 0 saturated heterocycles. The highest BCUT2D eigenvalue weighted by molar-refractivity contribution is 5.15. The summed E-state index contributed by atoms with van der Waals surface area (Å²) in [6.07, 6.45) is 7.54. The number of nitrogens with zero attached hydrogens (tertiary/aromatic N) is 2. The van der Waals surface area contributed by atoms with Crippen LogP contribution < -0.4 is 0 Å². The van der Waals surface area contributed by atoms with Gasteiger partial charge in [-0.05, 0) is 25.2 Å². The summed E-state index contributed by atoms with van der Waals surface area (Å²) in [5, 5.41) is 0. The van der Waals surface area contributed by atoms with Gasteiger partial charge < -0.3 is 4.57 Å². The summed E-state index contributed by atoms with van der Waals surface area (Å²) in [5.41, 5.74) is 1.36. The summed E-state index contributed by atoms with van der Waals surface area (Å²) in [7, 11) is 0. The van der Waals surface area contributed by atoms with Gasteiger partial charge in [-0.25, -0.2) is 4.98 Å². The summed E-state index contributed by atoms with van der Waals surface area (Å²) >= 11 is 0. The Morgan fingerprint density at radius 1 is 1.38 bits per heavy atom. The quantitative estimate of drug-likeness (QED) is 0.642. The fourth-order valence-electron chi connectivity index (χ4n) is 2.21. The molecule has 2 heteroatoms. The summed E-state index contributed by atoms with van der Waals surface area (Å²) < 4.78 is 2.38. The Morgan fingerprint density at radius 2 is 2.23 bits per heavy atom. The van der Waals surface area contributed by atoms with Crippen molar-refractivity contribution in [1.82, 2.24) is 9.55 Å². The molecule has 1 aliphatic heterocycles. The van der Waals surface area contributed by atoms with Crippen molar-refractivity contribution in [3.8, 4) is 0 Å². The van der Waals surface area contributed by atoms with Gasteiger partial charge in [-0.1, -0.05) is 6.92 Å².